The van der Waals surface area contributed by atoms with Crippen molar-refractivity contribution in [3.8, 4) is 0 Å². The first-order valence-corrected chi connectivity index (χ1v) is 9.26. The van der Waals surface area contributed by atoms with Crippen LogP contribution in [0.2, 0.25) is 0 Å². The van der Waals surface area contributed by atoms with E-state index in [4.69, 9.17) is 0 Å². The molecule has 0 aliphatic heterocycles. The maximum Gasteiger partial charge on any atom is 0.268 e. The normalized spacial score (nSPS) is 16.4. The number of hydrogen-bond donors (Lipinski definition) is 2. The molecule has 4 heteroatoms. The van der Waals surface area contributed by atoms with Gasteiger partial charge >= 0.3 is 0 Å². The van der Waals surface area contributed by atoms with Crippen molar-refractivity contribution in [3.05, 3.63) is 59.4 Å². The van der Waals surface area contributed by atoms with Gasteiger partial charge in [-0.3, -0.25) is 9.59 Å². The van der Waals surface area contributed by atoms with Crippen molar-refractivity contribution in [1.29, 1.82) is 0 Å². The van der Waals surface area contributed by atoms with E-state index < -0.39 is 0 Å². The van der Waals surface area contributed by atoms with Gasteiger partial charge in [-0.1, -0.05) is 56.5 Å². The van der Waals surface area contributed by atoms with E-state index in [1.54, 1.807) is 12.3 Å². The number of hydrogen-bond acceptors (Lipinski definition) is 2. The zero-order valence-corrected chi connectivity index (χ0v) is 14.8. The van der Waals surface area contributed by atoms with Crippen LogP contribution in [0.4, 0.5) is 0 Å². The summed E-state index contributed by atoms with van der Waals surface area (Å²) in [7, 11) is 0. The summed E-state index contributed by atoms with van der Waals surface area (Å²) < 4.78 is 0. The molecule has 1 amide bonds. The topological polar surface area (TPSA) is 62.0 Å². The summed E-state index contributed by atoms with van der Waals surface area (Å²) in [5, 5.41) is 3.21. The van der Waals surface area contributed by atoms with Crippen molar-refractivity contribution in [2.45, 2.75) is 51.5 Å². The number of Topliss-reactive ketones (excluding diaryl/α,β-unsaturated/α-hetero) is 1. The van der Waals surface area contributed by atoms with Crippen molar-refractivity contribution in [2.75, 3.05) is 0 Å². The molecule has 1 atom stereocenters. The predicted octanol–water partition coefficient (Wildman–Crippen LogP) is 4.66. The average Bonchev–Trinajstić information content (AvgIpc) is 3.17. The van der Waals surface area contributed by atoms with Crippen LogP contribution >= 0.6 is 0 Å². The minimum Gasteiger partial charge on any atom is -0.356 e. The van der Waals surface area contributed by atoms with E-state index in [-0.39, 0.29) is 17.7 Å². The number of carbonyl (C=O) groups is 2. The first-order chi connectivity index (χ1) is 12.2. The number of nitrogens with one attached hydrogen (secondary N) is 2. The molecule has 1 saturated carbocycles. The molecule has 1 fully saturated rings. The minimum absolute atomic E-state index is 0.0163. The van der Waals surface area contributed by atoms with Crippen LogP contribution in [-0.2, 0) is 0 Å². The molecule has 0 saturated heterocycles. The second-order valence-electron chi connectivity index (χ2n) is 6.84. The van der Waals surface area contributed by atoms with Gasteiger partial charge in [-0.15, -0.1) is 0 Å². The van der Waals surface area contributed by atoms with Crippen LogP contribution in [0.5, 0.6) is 0 Å². The Balaban J connectivity index is 1.78. The summed E-state index contributed by atoms with van der Waals surface area (Å²) in [4.78, 5) is 27.5. The van der Waals surface area contributed by atoms with Crippen molar-refractivity contribution >= 4 is 11.7 Å². The van der Waals surface area contributed by atoms with Crippen molar-refractivity contribution in [2.24, 2.45) is 5.92 Å². The van der Waals surface area contributed by atoms with E-state index in [2.05, 4.69) is 22.4 Å². The van der Waals surface area contributed by atoms with E-state index in [9.17, 15) is 9.59 Å². The highest BCUT2D eigenvalue weighted by molar-refractivity contribution is 6.00. The number of carbonyl (C=O) groups excluding carboxylic acids is 2. The third kappa shape index (κ3) is 4.19. The predicted molar refractivity (Wildman–Crippen MR) is 98.6 cm³/mol. The van der Waals surface area contributed by atoms with Crippen LogP contribution in [0, 0.1) is 5.92 Å². The fourth-order valence-electron chi connectivity index (χ4n) is 3.71. The van der Waals surface area contributed by atoms with E-state index in [0.717, 1.165) is 18.4 Å². The quantitative estimate of drug-likeness (QED) is 0.753. The summed E-state index contributed by atoms with van der Waals surface area (Å²) in [6.45, 7) is 1.82. The molecule has 2 N–H and O–H groups in total. The Labute approximate surface area is 149 Å². The lowest BCUT2D eigenvalue weighted by Crippen LogP contribution is -2.34. The summed E-state index contributed by atoms with van der Waals surface area (Å²) in [5.41, 5.74) is 2.18. The van der Waals surface area contributed by atoms with Crippen LogP contribution in [0.1, 0.15) is 77.9 Å². The molecule has 1 aliphatic rings. The Morgan fingerprint density at radius 2 is 1.88 bits per heavy atom. The van der Waals surface area contributed by atoms with Crippen LogP contribution in [0.15, 0.2) is 42.6 Å². The SMILES string of the molecule is CCC(=O)c1c[nH]c(C(=O)NC(c2ccccc2)C2CCCCC2)c1. The Bertz CT molecular complexity index is 715. The molecule has 4 nitrogen and oxygen atoms in total. The molecule has 1 heterocycles. The molecule has 0 radical (unpaired) electrons. The standard InChI is InChI=1S/C21H26N2O2/c1-2-19(24)17-13-18(22-14-17)21(25)23-20(15-9-5-3-6-10-15)16-11-7-4-8-12-16/h3,5-6,9-10,13-14,16,20,22H,2,4,7-8,11-12H2,1H3,(H,23,25). The highest BCUT2D eigenvalue weighted by atomic mass is 16.2. The van der Waals surface area contributed by atoms with Gasteiger partial charge in [0.2, 0.25) is 0 Å². The smallest absolute Gasteiger partial charge is 0.268 e. The minimum atomic E-state index is -0.144. The molecule has 0 bridgehead atoms. The van der Waals surface area contributed by atoms with Gasteiger partial charge in [-0.2, -0.15) is 0 Å². The van der Waals surface area contributed by atoms with Gasteiger partial charge < -0.3 is 10.3 Å². The number of aromatic nitrogens is 1. The van der Waals surface area contributed by atoms with Gasteiger partial charge in [0.15, 0.2) is 5.78 Å². The van der Waals surface area contributed by atoms with Crippen molar-refractivity contribution in [1.82, 2.24) is 10.3 Å². The van der Waals surface area contributed by atoms with Gasteiger partial charge in [-0.25, -0.2) is 0 Å². The maximum atomic E-state index is 12.7. The highest BCUT2D eigenvalue weighted by Crippen LogP contribution is 2.34. The van der Waals surface area contributed by atoms with Crippen molar-refractivity contribution < 1.29 is 9.59 Å². The molecular weight excluding hydrogens is 312 g/mol. The van der Waals surface area contributed by atoms with Crippen LogP contribution in [0.25, 0.3) is 0 Å². The Morgan fingerprint density at radius 1 is 1.16 bits per heavy atom. The summed E-state index contributed by atoms with van der Waals surface area (Å²) in [6, 6.07) is 11.9. The largest absolute Gasteiger partial charge is 0.356 e. The number of rotatable bonds is 6. The third-order valence-corrected chi connectivity index (χ3v) is 5.14. The number of aromatic amines is 1. The third-order valence-electron chi connectivity index (χ3n) is 5.14. The number of amides is 1. The number of H-pyrrole nitrogens is 1. The van der Waals surface area contributed by atoms with E-state index in [1.165, 1.54) is 19.3 Å². The van der Waals surface area contributed by atoms with Gasteiger partial charge in [-0.05, 0) is 30.4 Å². The lowest BCUT2D eigenvalue weighted by molar-refractivity contribution is 0.0908. The highest BCUT2D eigenvalue weighted by Gasteiger charge is 2.27. The second-order valence-corrected chi connectivity index (χ2v) is 6.84. The maximum absolute atomic E-state index is 12.7. The molecule has 25 heavy (non-hydrogen) atoms. The van der Waals surface area contributed by atoms with E-state index in [1.807, 2.05) is 25.1 Å². The first-order valence-electron chi connectivity index (χ1n) is 9.26. The Morgan fingerprint density at radius 3 is 2.56 bits per heavy atom. The fraction of sp³-hybridized carbons (Fsp3) is 0.429. The average molecular weight is 338 g/mol. The fourth-order valence-corrected chi connectivity index (χ4v) is 3.71. The molecule has 132 valence electrons. The molecule has 1 aliphatic carbocycles. The number of ketones is 1. The molecule has 3 rings (SSSR count). The second kappa shape index (κ2) is 8.15. The Hall–Kier alpha value is -2.36. The molecule has 2 aromatic rings. The van der Waals surface area contributed by atoms with Crippen LogP contribution < -0.4 is 5.32 Å². The molecule has 1 aromatic heterocycles. The van der Waals surface area contributed by atoms with E-state index in [0.29, 0.717) is 23.6 Å². The van der Waals surface area contributed by atoms with Crippen LogP contribution in [-0.4, -0.2) is 16.7 Å². The molecular formula is C21H26N2O2. The molecule has 0 spiro atoms. The lowest BCUT2D eigenvalue weighted by atomic mass is 9.81. The number of benzene rings is 1. The van der Waals surface area contributed by atoms with E-state index >= 15 is 0 Å². The van der Waals surface area contributed by atoms with Crippen LogP contribution in [0.3, 0.4) is 0 Å². The van der Waals surface area contributed by atoms with Gasteiger partial charge in [0.1, 0.15) is 5.69 Å². The van der Waals surface area contributed by atoms with Gasteiger partial charge in [0.25, 0.3) is 5.91 Å². The van der Waals surface area contributed by atoms with Crippen molar-refractivity contribution in [3.63, 3.8) is 0 Å². The Kier molecular flexibility index (Phi) is 5.69. The summed E-state index contributed by atoms with van der Waals surface area (Å²) >= 11 is 0. The lowest BCUT2D eigenvalue weighted by Gasteiger charge is -2.31. The summed E-state index contributed by atoms with van der Waals surface area (Å²) in [6.07, 6.45) is 8.08. The monoisotopic (exact) mass is 338 g/mol. The molecule has 1 unspecified atom stereocenters. The summed E-state index contributed by atoms with van der Waals surface area (Å²) in [5.74, 6) is 0.364. The van der Waals surface area contributed by atoms with Gasteiger partial charge in [0, 0.05) is 18.2 Å². The molecule has 1 aromatic carbocycles. The first kappa shape index (κ1) is 17.5. The zero-order chi connectivity index (χ0) is 17.6. The van der Waals surface area contributed by atoms with Gasteiger partial charge in [0.05, 0.1) is 6.04 Å². The zero-order valence-electron chi connectivity index (χ0n) is 14.8.